The fourth-order valence-corrected chi connectivity index (χ4v) is 3.33. The van der Waals surface area contributed by atoms with Gasteiger partial charge >= 0.3 is 11.9 Å². The number of rotatable bonds is 3. The van der Waals surface area contributed by atoms with E-state index in [1.807, 2.05) is 4.57 Å². The average molecular weight is 294 g/mol. The van der Waals surface area contributed by atoms with Gasteiger partial charge in [-0.3, -0.25) is 4.79 Å². The Morgan fingerprint density at radius 3 is 2.52 bits per heavy atom. The van der Waals surface area contributed by atoms with E-state index in [4.69, 9.17) is 4.74 Å². The molecule has 1 fully saturated rings. The summed E-state index contributed by atoms with van der Waals surface area (Å²) in [5, 5.41) is 18.7. The van der Waals surface area contributed by atoms with Crippen LogP contribution >= 0.6 is 0 Å². The number of carbonyl (C=O) groups is 2. The smallest absolute Gasteiger partial charge is 0.356 e. The summed E-state index contributed by atoms with van der Waals surface area (Å²) in [6.45, 7) is 1.92. The Morgan fingerprint density at radius 2 is 1.90 bits per heavy atom. The highest BCUT2D eigenvalue weighted by molar-refractivity contribution is 5.90. The normalized spacial score (nSPS) is 22.8. The number of carboxylic acids is 2. The van der Waals surface area contributed by atoms with Gasteiger partial charge in [0.25, 0.3) is 0 Å². The molecule has 2 N–H and O–H groups in total. The summed E-state index contributed by atoms with van der Waals surface area (Å²) in [6.07, 6.45) is 2.80. The number of aromatic carboxylic acids is 1. The Labute approximate surface area is 121 Å². The Bertz CT molecular complexity index is 574. The summed E-state index contributed by atoms with van der Waals surface area (Å²) >= 11 is 0. The standard InChI is InChI=1S/C14H18N2O5/c17-13(18)9-2-1-5-16-11(9)10(14(19)20)15-12(16)8-3-6-21-7-4-8/h8-9H,1-7H2,(H,17,18)(H,19,20). The lowest BCUT2D eigenvalue weighted by Crippen LogP contribution is -2.26. The number of aromatic nitrogens is 2. The Balaban J connectivity index is 2.08. The zero-order valence-electron chi connectivity index (χ0n) is 11.6. The minimum Gasteiger partial charge on any atom is -0.481 e. The molecular formula is C14H18N2O5. The van der Waals surface area contributed by atoms with Gasteiger partial charge in [-0.25, -0.2) is 9.78 Å². The van der Waals surface area contributed by atoms with E-state index in [0.29, 0.717) is 31.9 Å². The summed E-state index contributed by atoms with van der Waals surface area (Å²) in [5.41, 5.74) is 0.270. The van der Waals surface area contributed by atoms with Crippen LogP contribution in [0.15, 0.2) is 0 Å². The predicted molar refractivity (Wildman–Crippen MR) is 71.6 cm³/mol. The van der Waals surface area contributed by atoms with Crippen molar-refractivity contribution in [3.63, 3.8) is 0 Å². The molecule has 3 rings (SSSR count). The molecule has 0 amide bonds. The first-order valence-electron chi connectivity index (χ1n) is 7.23. The topological polar surface area (TPSA) is 102 Å². The van der Waals surface area contributed by atoms with Gasteiger partial charge in [0.15, 0.2) is 5.69 Å². The lowest BCUT2D eigenvalue weighted by Gasteiger charge is -2.26. The molecule has 3 heterocycles. The van der Waals surface area contributed by atoms with Gasteiger partial charge in [-0.2, -0.15) is 0 Å². The second-order valence-corrected chi connectivity index (χ2v) is 5.58. The molecule has 0 bridgehead atoms. The van der Waals surface area contributed by atoms with Crippen LogP contribution in [0.4, 0.5) is 0 Å². The van der Waals surface area contributed by atoms with E-state index in [9.17, 15) is 19.8 Å². The molecule has 1 unspecified atom stereocenters. The molecule has 1 saturated heterocycles. The van der Waals surface area contributed by atoms with Gasteiger partial charge in [-0.1, -0.05) is 0 Å². The molecule has 2 aliphatic heterocycles. The quantitative estimate of drug-likeness (QED) is 0.874. The van der Waals surface area contributed by atoms with E-state index in [1.54, 1.807) is 0 Å². The minimum absolute atomic E-state index is 0.0939. The van der Waals surface area contributed by atoms with Crippen LogP contribution in [0.3, 0.4) is 0 Å². The van der Waals surface area contributed by atoms with Gasteiger partial charge in [0.2, 0.25) is 0 Å². The second kappa shape index (κ2) is 5.48. The van der Waals surface area contributed by atoms with E-state index >= 15 is 0 Å². The van der Waals surface area contributed by atoms with E-state index in [1.165, 1.54) is 0 Å². The number of hydrogen-bond acceptors (Lipinski definition) is 4. The van der Waals surface area contributed by atoms with Crippen molar-refractivity contribution < 1.29 is 24.5 Å². The van der Waals surface area contributed by atoms with Crippen molar-refractivity contribution in [2.24, 2.45) is 0 Å². The van der Waals surface area contributed by atoms with Crippen LogP contribution in [-0.2, 0) is 16.1 Å². The highest BCUT2D eigenvalue weighted by Crippen LogP contribution is 2.36. The van der Waals surface area contributed by atoms with Gasteiger partial charge in [0.05, 0.1) is 11.6 Å². The number of aliphatic carboxylic acids is 1. The van der Waals surface area contributed by atoms with Crippen molar-refractivity contribution in [2.45, 2.75) is 44.1 Å². The molecule has 7 heteroatoms. The SMILES string of the molecule is O=C(O)c1nc(C2CCOCC2)n2c1C(C(=O)O)CCC2. The van der Waals surface area contributed by atoms with Gasteiger partial charge in [-0.05, 0) is 25.7 Å². The Morgan fingerprint density at radius 1 is 1.19 bits per heavy atom. The number of ether oxygens (including phenoxy) is 1. The van der Waals surface area contributed by atoms with E-state index in [0.717, 1.165) is 25.1 Å². The third-order valence-electron chi connectivity index (χ3n) is 4.33. The second-order valence-electron chi connectivity index (χ2n) is 5.58. The molecule has 21 heavy (non-hydrogen) atoms. The Kier molecular flexibility index (Phi) is 3.67. The minimum atomic E-state index is -1.15. The Hall–Kier alpha value is -1.89. The molecule has 0 spiro atoms. The van der Waals surface area contributed by atoms with Gasteiger partial charge in [0.1, 0.15) is 5.82 Å². The lowest BCUT2D eigenvalue weighted by molar-refractivity contribution is -0.139. The van der Waals surface area contributed by atoms with Gasteiger partial charge in [0, 0.05) is 25.7 Å². The number of fused-ring (bicyclic) bond motifs is 1. The maximum absolute atomic E-state index is 11.4. The van der Waals surface area contributed by atoms with Crippen LogP contribution in [0, 0.1) is 0 Å². The van der Waals surface area contributed by atoms with Crippen molar-refractivity contribution in [3.8, 4) is 0 Å². The van der Waals surface area contributed by atoms with Gasteiger partial charge in [-0.15, -0.1) is 0 Å². The first-order chi connectivity index (χ1) is 10.1. The van der Waals surface area contributed by atoms with Crippen molar-refractivity contribution in [1.29, 1.82) is 0 Å². The average Bonchev–Trinajstić information content (AvgIpc) is 2.87. The van der Waals surface area contributed by atoms with Crippen LogP contribution in [0.5, 0.6) is 0 Å². The molecule has 0 saturated carbocycles. The zero-order valence-corrected chi connectivity index (χ0v) is 11.6. The molecule has 114 valence electrons. The molecule has 7 nitrogen and oxygen atoms in total. The molecule has 2 aliphatic rings. The van der Waals surface area contributed by atoms with Crippen LogP contribution in [0.2, 0.25) is 0 Å². The lowest BCUT2D eigenvalue weighted by atomic mass is 9.93. The van der Waals surface area contributed by atoms with Crippen molar-refractivity contribution in [2.75, 3.05) is 13.2 Å². The third kappa shape index (κ3) is 2.42. The fourth-order valence-electron chi connectivity index (χ4n) is 3.33. The molecular weight excluding hydrogens is 276 g/mol. The van der Waals surface area contributed by atoms with E-state index in [2.05, 4.69) is 4.98 Å². The highest BCUT2D eigenvalue weighted by Gasteiger charge is 2.36. The third-order valence-corrected chi connectivity index (χ3v) is 4.33. The van der Waals surface area contributed by atoms with E-state index < -0.39 is 17.9 Å². The van der Waals surface area contributed by atoms with Gasteiger partial charge < -0.3 is 19.5 Å². The molecule has 0 radical (unpaired) electrons. The maximum Gasteiger partial charge on any atom is 0.356 e. The number of imidazole rings is 1. The van der Waals surface area contributed by atoms with E-state index in [-0.39, 0.29) is 11.6 Å². The summed E-state index contributed by atoms with van der Waals surface area (Å²) in [4.78, 5) is 27.2. The highest BCUT2D eigenvalue weighted by atomic mass is 16.5. The maximum atomic E-state index is 11.4. The summed E-state index contributed by atoms with van der Waals surface area (Å²) in [5.74, 6) is -2.03. The zero-order chi connectivity index (χ0) is 15.0. The first-order valence-corrected chi connectivity index (χ1v) is 7.23. The van der Waals surface area contributed by atoms with Crippen LogP contribution < -0.4 is 0 Å². The molecule has 1 aromatic heterocycles. The number of hydrogen-bond donors (Lipinski definition) is 2. The number of nitrogens with zero attached hydrogens (tertiary/aromatic N) is 2. The molecule has 1 atom stereocenters. The van der Waals surface area contributed by atoms with Crippen LogP contribution in [0.25, 0.3) is 0 Å². The molecule has 0 aromatic carbocycles. The van der Waals surface area contributed by atoms with Crippen molar-refractivity contribution in [1.82, 2.24) is 9.55 Å². The van der Waals surface area contributed by atoms with Crippen LogP contribution in [-0.4, -0.2) is 44.9 Å². The molecule has 0 aliphatic carbocycles. The summed E-state index contributed by atoms with van der Waals surface area (Å²) in [6, 6.07) is 0. The summed E-state index contributed by atoms with van der Waals surface area (Å²) < 4.78 is 7.17. The predicted octanol–water partition coefficient (Wildman–Crippen LogP) is 1.44. The molecule has 1 aromatic rings. The monoisotopic (exact) mass is 294 g/mol. The van der Waals surface area contributed by atoms with Crippen LogP contribution in [0.1, 0.15) is 59.5 Å². The fraction of sp³-hybridized carbons (Fsp3) is 0.643. The first kappa shape index (κ1) is 14.1. The van der Waals surface area contributed by atoms with Crippen molar-refractivity contribution in [3.05, 3.63) is 17.2 Å². The largest absolute Gasteiger partial charge is 0.481 e. The summed E-state index contributed by atoms with van der Waals surface area (Å²) in [7, 11) is 0. The number of carboxylic acid groups (broad SMARTS) is 2. The van der Waals surface area contributed by atoms with Crippen molar-refractivity contribution >= 4 is 11.9 Å².